The summed E-state index contributed by atoms with van der Waals surface area (Å²) in [6.07, 6.45) is 1.73. The fraction of sp³-hybridized carbons (Fsp3) is 0.212. The zero-order valence-electron chi connectivity index (χ0n) is 22.1. The standard InChI is InChI=1S/C33H30N2S2/c1-19-20(2)30(36-29(19)22-12-8-7-9-13-22)31-21(3)27-32(37-31)28(35-18-34-27)24-16-23-14-10-11-15-25(23)26(17-24)33(4,5)6/h7-18H,1-6H3. The van der Waals surface area contributed by atoms with Crippen LogP contribution < -0.4 is 0 Å². The van der Waals surface area contributed by atoms with Crippen LogP contribution >= 0.6 is 22.7 Å². The van der Waals surface area contributed by atoms with E-state index in [1.54, 1.807) is 6.33 Å². The molecule has 3 heterocycles. The normalized spacial score (nSPS) is 12.1. The Balaban J connectivity index is 1.57. The van der Waals surface area contributed by atoms with E-state index in [2.05, 4.69) is 108 Å². The third kappa shape index (κ3) is 4.00. The van der Waals surface area contributed by atoms with Gasteiger partial charge in [0.25, 0.3) is 0 Å². The lowest BCUT2D eigenvalue weighted by molar-refractivity contribution is 0.596. The lowest BCUT2D eigenvalue weighted by Gasteiger charge is -2.22. The van der Waals surface area contributed by atoms with Crippen molar-refractivity contribution in [2.24, 2.45) is 0 Å². The summed E-state index contributed by atoms with van der Waals surface area (Å²) < 4.78 is 1.16. The minimum atomic E-state index is 0.0255. The Hall–Kier alpha value is -3.34. The van der Waals surface area contributed by atoms with E-state index in [0.29, 0.717) is 0 Å². The summed E-state index contributed by atoms with van der Waals surface area (Å²) in [6, 6.07) is 24.0. The number of hydrogen-bond donors (Lipinski definition) is 0. The van der Waals surface area contributed by atoms with Gasteiger partial charge < -0.3 is 0 Å². The van der Waals surface area contributed by atoms with Gasteiger partial charge in [-0.05, 0) is 76.9 Å². The van der Waals surface area contributed by atoms with Gasteiger partial charge in [-0.3, -0.25) is 0 Å². The topological polar surface area (TPSA) is 25.8 Å². The van der Waals surface area contributed by atoms with Gasteiger partial charge in [-0.25, -0.2) is 9.97 Å². The van der Waals surface area contributed by atoms with Crippen molar-refractivity contribution in [3.63, 3.8) is 0 Å². The summed E-state index contributed by atoms with van der Waals surface area (Å²) in [5.41, 5.74) is 9.85. The number of thiophene rings is 2. The molecule has 0 fully saturated rings. The molecule has 0 atom stereocenters. The quantitative estimate of drug-likeness (QED) is 0.233. The molecule has 0 aliphatic heterocycles. The van der Waals surface area contributed by atoms with Crippen molar-refractivity contribution in [1.82, 2.24) is 9.97 Å². The van der Waals surface area contributed by atoms with E-state index in [0.717, 1.165) is 21.5 Å². The fourth-order valence-electron chi connectivity index (χ4n) is 5.19. The van der Waals surface area contributed by atoms with Gasteiger partial charge in [-0.1, -0.05) is 75.4 Å². The van der Waals surface area contributed by atoms with Gasteiger partial charge in [0.1, 0.15) is 6.33 Å². The Labute approximate surface area is 226 Å². The third-order valence-electron chi connectivity index (χ3n) is 7.34. The van der Waals surface area contributed by atoms with Crippen molar-refractivity contribution in [2.45, 2.75) is 47.0 Å². The first kappa shape index (κ1) is 24.0. The number of aromatic nitrogens is 2. The fourth-order valence-corrected chi connectivity index (χ4v) is 8.03. The highest BCUT2D eigenvalue weighted by molar-refractivity contribution is 7.27. The first-order valence-corrected chi connectivity index (χ1v) is 14.3. The smallest absolute Gasteiger partial charge is 0.116 e. The number of rotatable bonds is 3. The lowest BCUT2D eigenvalue weighted by atomic mass is 9.82. The summed E-state index contributed by atoms with van der Waals surface area (Å²) in [6.45, 7) is 13.6. The number of fused-ring (bicyclic) bond motifs is 2. The molecule has 6 aromatic rings. The van der Waals surface area contributed by atoms with Crippen LogP contribution in [0.2, 0.25) is 0 Å². The van der Waals surface area contributed by atoms with Crippen molar-refractivity contribution >= 4 is 43.7 Å². The second-order valence-electron chi connectivity index (χ2n) is 10.8. The zero-order chi connectivity index (χ0) is 25.9. The van der Waals surface area contributed by atoms with Crippen molar-refractivity contribution in [3.05, 3.63) is 95.3 Å². The van der Waals surface area contributed by atoms with Crippen LogP contribution in [0.1, 0.15) is 43.0 Å². The van der Waals surface area contributed by atoms with Gasteiger partial charge in [0, 0.05) is 15.3 Å². The number of hydrogen-bond acceptors (Lipinski definition) is 4. The molecule has 6 rings (SSSR count). The van der Waals surface area contributed by atoms with Gasteiger partial charge >= 0.3 is 0 Å². The van der Waals surface area contributed by atoms with Gasteiger partial charge in [-0.2, -0.15) is 0 Å². The van der Waals surface area contributed by atoms with E-state index >= 15 is 0 Å². The van der Waals surface area contributed by atoms with E-state index in [9.17, 15) is 0 Å². The molecule has 0 saturated heterocycles. The lowest BCUT2D eigenvalue weighted by Crippen LogP contribution is -2.12. The molecule has 0 aliphatic carbocycles. The van der Waals surface area contributed by atoms with E-state index in [-0.39, 0.29) is 5.41 Å². The minimum absolute atomic E-state index is 0.0255. The van der Waals surface area contributed by atoms with E-state index in [1.807, 2.05) is 22.7 Å². The van der Waals surface area contributed by atoms with Crippen molar-refractivity contribution in [1.29, 1.82) is 0 Å². The molecular weight excluding hydrogens is 489 g/mol. The van der Waals surface area contributed by atoms with E-state index in [4.69, 9.17) is 9.97 Å². The second-order valence-corrected chi connectivity index (χ2v) is 12.9. The predicted octanol–water partition coefficient (Wildman–Crippen LogP) is 10.1. The largest absolute Gasteiger partial charge is 0.235 e. The Morgan fingerprint density at radius 1 is 0.649 bits per heavy atom. The zero-order valence-corrected chi connectivity index (χ0v) is 23.8. The van der Waals surface area contributed by atoms with Crippen LogP contribution in [0, 0.1) is 20.8 Å². The molecule has 0 amide bonds. The van der Waals surface area contributed by atoms with E-state index in [1.165, 1.54) is 53.2 Å². The van der Waals surface area contributed by atoms with Gasteiger partial charge in [0.2, 0.25) is 0 Å². The van der Waals surface area contributed by atoms with Gasteiger partial charge in [0.15, 0.2) is 0 Å². The predicted molar refractivity (Wildman–Crippen MR) is 162 cm³/mol. The third-order valence-corrected chi connectivity index (χ3v) is 10.2. The summed E-state index contributed by atoms with van der Waals surface area (Å²) in [7, 11) is 0. The molecule has 0 radical (unpaired) electrons. The Morgan fingerprint density at radius 2 is 1.32 bits per heavy atom. The number of nitrogens with zero attached hydrogens (tertiary/aromatic N) is 2. The highest BCUT2D eigenvalue weighted by atomic mass is 32.1. The van der Waals surface area contributed by atoms with Crippen LogP contribution in [-0.4, -0.2) is 9.97 Å². The molecule has 2 nitrogen and oxygen atoms in total. The highest BCUT2D eigenvalue weighted by Crippen LogP contribution is 2.48. The van der Waals surface area contributed by atoms with Crippen molar-refractivity contribution in [3.8, 4) is 31.5 Å². The molecule has 0 spiro atoms. The maximum atomic E-state index is 4.85. The SMILES string of the molecule is Cc1c(-c2ccccc2)sc(-c2sc3c(-c4cc(C(C)(C)C)c5ccccc5c4)ncnc3c2C)c1C. The number of benzene rings is 3. The highest BCUT2D eigenvalue weighted by Gasteiger charge is 2.23. The van der Waals surface area contributed by atoms with Crippen LogP contribution in [0.5, 0.6) is 0 Å². The van der Waals surface area contributed by atoms with Crippen molar-refractivity contribution < 1.29 is 0 Å². The van der Waals surface area contributed by atoms with E-state index < -0.39 is 0 Å². The summed E-state index contributed by atoms with van der Waals surface area (Å²) in [5.74, 6) is 0. The molecule has 4 heteroatoms. The van der Waals surface area contributed by atoms with Crippen LogP contribution in [0.15, 0.2) is 73.1 Å². The van der Waals surface area contributed by atoms with Crippen LogP contribution in [-0.2, 0) is 5.41 Å². The summed E-state index contributed by atoms with van der Waals surface area (Å²) in [5, 5.41) is 2.56. The van der Waals surface area contributed by atoms with Crippen LogP contribution in [0.25, 0.3) is 52.4 Å². The Kier molecular flexibility index (Phi) is 5.78. The Morgan fingerprint density at radius 3 is 2.08 bits per heavy atom. The van der Waals surface area contributed by atoms with Crippen LogP contribution in [0.3, 0.4) is 0 Å². The monoisotopic (exact) mass is 518 g/mol. The van der Waals surface area contributed by atoms with Crippen LogP contribution in [0.4, 0.5) is 0 Å². The molecule has 3 aromatic heterocycles. The van der Waals surface area contributed by atoms with Crippen molar-refractivity contribution in [2.75, 3.05) is 0 Å². The molecular formula is C33H30N2S2. The molecule has 37 heavy (non-hydrogen) atoms. The minimum Gasteiger partial charge on any atom is -0.235 e. The summed E-state index contributed by atoms with van der Waals surface area (Å²) >= 11 is 3.73. The molecule has 0 bridgehead atoms. The molecule has 0 aliphatic rings. The molecule has 184 valence electrons. The maximum absolute atomic E-state index is 4.85. The first-order chi connectivity index (χ1) is 17.7. The summed E-state index contributed by atoms with van der Waals surface area (Å²) in [4.78, 5) is 13.6. The average Bonchev–Trinajstić information content (AvgIpc) is 3.39. The molecule has 0 saturated carbocycles. The Bertz CT molecular complexity index is 1780. The number of aryl methyl sites for hydroxylation is 1. The van der Waals surface area contributed by atoms with Gasteiger partial charge in [-0.15, -0.1) is 22.7 Å². The molecule has 0 unspecified atom stereocenters. The average molecular weight is 519 g/mol. The maximum Gasteiger partial charge on any atom is 0.116 e. The molecule has 0 N–H and O–H groups in total. The first-order valence-electron chi connectivity index (χ1n) is 12.7. The van der Waals surface area contributed by atoms with Gasteiger partial charge in [0.05, 0.1) is 20.8 Å². The second kappa shape index (κ2) is 8.90. The molecule has 3 aromatic carbocycles.